The number of nitrogens with one attached hydrogen (secondary N) is 1. The second-order valence-electron chi connectivity index (χ2n) is 7.29. The van der Waals surface area contributed by atoms with Crippen LogP contribution in [0.4, 0.5) is 0 Å². The Morgan fingerprint density at radius 2 is 2.15 bits per heavy atom. The van der Waals surface area contributed by atoms with Crippen LogP contribution >= 0.6 is 11.6 Å². The second kappa shape index (κ2) is 6.62. The molecule has 2 aliphatic rings. The number of fused-ring (bicyclic) bond motifs is 2. The maximum Gasteiger partial charge on any atom is 0.254 e. The van der Waals surface area contributed by atoms with Crippen LogP contribution in [0.5, 0.6) is 0 Å². The fourth-order valence-electron chi connectivity index (χ4n) is 4.26. The van der Waals surface area contributed by atoms with Gasteiger partial charge in [0.25, 0.3) is 5.91 Å². The first kappa shape index (κ1) is 16.7. The van der Waals surface area contributed by atoms with Gasteiger partial charge in [-0.1, -0.05) is 17.7 Å². The number of halogens is 1. The molecule has 2 aliphatic heterocycles. The molecule has 4 heterocycles. The third-order valence-electron chi connectivity index (χ3n) is 5.67. The van der Waals surface area contributed by atoms with Gasteiger partial charge in [0, 0.05) is 47.8 Å². The number of amides is 1. The molecule has 0 saturated carbocycles. The number of carbonyl (C=O) groups is 1. The van der Waals surface area contributed by atoms with Gasteiger partial charge in [0.15, 0.2) is 0 Å². The van der Waals surface area contributed by atoms with Gasteiger partial charge in [-0.05, 0) is 37.6 Å². The van der Waals surface area contributed by atoms with E-state index in [0.717, 1.165) is 48.3 Å². The Bertz CT molecular complexity index is 1000. The second-order valence-corrected chi connectivity index (χ2v) is 7.72. The molecule has 1 N–H and O–H groups in total. The summed E-state index contributed by atoms with van der Waals surface area (Å²) in [4.78, 5) is 22.6. The van der Waals surface area contributed by atoms with Gasteiger partial charge in [0.2, 0.25) is 0 Å². The number of carbonyl (C=O) groups excluding carboxylic acids is 1. The van der Waals surface area contributed by atoms with E-state index in [1.54, 1.807) is 12.4 Å². The van der Waals surface area contributed by atoms with Crippen LogP contribution in [0.25, 0.3) is 22.2 Å². The number of hydrogen-bond acceptors (Lipinski definition) is 4. The third kappa shape index (κ3) is 2.99. The number of aromatic amines is 1. The summed E-state index contributed by atoms with van der Waals surface area (Å²) in [5, 5.41) is 8.26. The number of H-pyrrole nitrogens is 1. The molecule has 2 aromatic heterocycles. The van der Waals surface area contributed by atoms with Crippen molar-refractivity contribution in [2.24, 2.45) is 0 Å². The van der Waals surface area contributed by atoms with E-state index >= 15 is 0 Å². The molecular weight excluding hydrogens is 362 g/mol. The van der Waals surface area contributed by atoms with E-state index < -0.39 is 0 Å². The van der Waals surface area contributed by atoms with E-state index in [1.165, 1.54) is 12.8 Å². The molecule has 6 nitrogen and oxygen atoms in total. The minimum atomic E-state index is 0.0704. The Kier molecular flexibility index (Phi) is 4.10. The Morgan fingerprint density at radius 1 is 1.22 bits per heavy atom. The molecule has 1 amide bonds. The van der Waals surface area contributed by atoms with Gasteiger partial charge in [0.05, 0.1) is 23.0 Å². The van der Waals surface area contributed by atoms with Crippen LogP contribution in [-0.4, -0.2) is 63.1 Å². The summed E-state index contributed by atoms with van der Waals surface area (Å²) in [5.74, 6) is 0.0704. The lowest BCUT2D eigenvalue weighted by atomic mass is 10.0. The van der Waals surface area contributed by atoms with Crippen molar-refractivity contribution in [3.05, 3.63) is 47.2 Å². The minimum Gasteiger partial charge on any atom is -0.336 e. The summed E-state index contributed by atoms with van der Waals surface area (Å²) < 4.78 is 0. The minimum absolute atomic E-state index is 0.0704. The first-order valence-electron chi connectivity index (χ1n) is 9.32. The van der Waals surface area contributed by atoms with E-state index in [0.29, 0.717) is 16.6 Å². The van der Waals surface area contributed by atoms with E-state index in [-0.39, 0.29) is 5.91 Å². The Balaban J connectivity index is 1.57. The molecule has 0 unspecified atom stereocenters. The van der Waals surface area contributed by atoms with Crippen molar-refractivity contribution in [2.45, 2.75) is 18.9 Å². The first-order chi connectivity index (χ1) is 13.2. The van der Waals surface area contributed by atoms with Gasteiger partial charge in [-0.2, -0.15) is 5.10 Å². The average Bonchev–Trinajstić information content (AvgIpc) is 3.37. The number of aromatic nitrogens is 3. The van der Waals surface area contributed by atoms with Crippen molar-refractivity contribution in [1.29, 1.82) is 0 Å². The Morgan fingerprint density at radius 3 is 3.00 bits per heavy atom. The summed E-state index contributed by atoms with van der Waals surface area (Å²) in [6.45, 7) is 3.69. The van der Waals surface area contributed by atoms with Crippen LogP contribution in [-0.2, 0) is 0 Å². The topological polar surface area (TPSA) is 65.1 Å². The molecule has 1 atom stereocenters. The monoisotopic (exact) mass is 381 g/mol. The lowest BCUT2D eigenvalue weighted by molar-refractivity contribution is 0.0573. The van der Waals surface area contributed by atoms with Crippen LogP contribution in [0.3, 0.4) is 0 Å². The maximum absolute atomic E-state index is 13.4. The molecule has 0 aliphatic carbocycles. The van der Waals surface area contributed by atoms with Crippen LogP contribution < -0.4 is 0 Å². The smallest absolute Gasteiger partial charge is 0.254 e. The molecule has 0 bridgehead atoms. The highest BCUT2D eigenvalue weighted by molar-refractivity contribution is 6.31. The highest BCUT2D eigenvalue weighted by Crippen LogP contribution is 2.29. The number of hydrogen-bond donors (Lipinski definition) is 1. The van der Waals surface area contributed by atoms with Crippen molar-refractivity contribution < 1.29 is 4.79 Å². The van der Waals surface area contributed by atoms with Gasteiger partial charge in [0.1, 0.15) is 0 Å². The van der Waals surface area contributed by atoms with E-state index in [9.17, 15) is 4.79 Å². The largest absolute Gasteiger partial charge is 0.336 e. The number of benzene rings is 1. The summed E-state index contributed by atoms with van der Waals surface area (Å²) in [6.07, 6.45) is 5.90. The number of rotatable bonds is 2. The fraction of sp³-hybridized carbons (Fsp3) is 0.350. The molecule has 7 heteroatoms. The van der Waals surface area contributed by atoms with Gasteiger partial charge in [-0.3, -0.25) is 14.8 Å². The Hall–Kier alpha value is -2.44. The molecule has 1 aromatic carbocycles. The number of nitrogens with zero attached hydrogens (tertiary/aromatic N) is 4. The van der Waals surface area contributed by atoms with E-state index in [4.69, 9.17) is 16.6 Å². The van der Waals surface area contributed by atoms with Gasteiger partial charge in [-0.15, -0.1) is 0 Å². The van der Waals surface area contributed by atoms with Gasteiger partial charge in [-0.25, -0.2) is 4.98 Å². The quantitative estimate of drug-likeness (QED) is 0.740. The SMILES string of the molecule is O=C(c1cc(-c2cn[nH]c2)nc2cc(Cl)ccc12)N1CCN2CCC[C@@H]2C1. The third-order valence-corrected chi connectivity index (χ3v) is 5.91. The zero-order valence-corrected chi connectivity index (χ0v) is 15.6. The van der Waals surface area contributed by atoms with Crippen molar-refractivity contribution in [2.75, 3.05) is 26.2 Å². The molecule has 0 spiro atoms. The lowest BCUT2D eigenvalue weighted by Crippen LogP contribution is -2.52. The summed E-state index contributed by atoms with van der Waals surface area (Å²) in [7, 11) is 0. The number of pyridine rings is 1. The van der Waals surface area contributed by atoms with Crippen LogP contribution in [0, 0.1) is 0 Å². The molecular formula is C20H20ClN5O. The van der Waals surface area contributed by atoms with Crippen LogP contribution in [0.2, 0.25) is 5.02 Å². The van der Waals surface area contributed by atoms with E-state index in [1.807, 2.05) is 29.2 Å². The lowest BCUT2D eigenvalue weighted by Gasteiger charge is -2.37. The van der Waals surface area contributed by atoms with Gasteiger partial charge >= 0.3 is 0 Å². The molecule has 5 rings (SSSR count). The highest BCUT2D eigenvalue weighted by Gasteiger charge is 2.33. The van der Waals surface area contributed by atoms with Crippen molar-refractivity contribution >= 4 is 28.4 Å². The number of piperazine rings is 1. The fourth-order valence-corrected chi connectivity index (χ4v) is 4.43. The standard InChI is InChI=1S/C20H20ClN5O/c21-14-3-4-16-17(9-18(24-19(16)8-14)13-10-22-23-11-13)20(27)26-7-6-25-5-1-2-15(25)12-26/h3-4,8-11,15H,1-2,5-7,12H2,(H,22,23)/t15-/m1/s1. The van der Waals surface area contributed by atoms with Crippen molar-refractivity contribution in [3.63, 3.8) is 0 Å². The van der Waals surface area contributed by atoms with Crippen molar-refractivity contribution in [1.82, 2.24) is 25.0 Å². The molecule has 138 valence electrons. The van der Waals surface area contributed by atoms with Gasteiger partial charge < -0.3 is 4.90 Å². The first-order valence-corrected chi connectivity index (χ1v) is 9.69. The molecule has 2 saturated heterocycles. The van der Waals surface area contributed by atoms with Crippen molar-refractivity contribution in [3.8, 4) is 11.3 Å². The zero-order valence-electron chi connectivity index (χ0n) is 14.9. The molecule has 3 aromatic rings. The summed E-state index contributed by atoms with van der Waals surface area (Å²) in [5.41, 5.74) is 2.98. The highest BCUT2D eigenvalue weighted by atomic mass is 35.5. The summed E-state index contributed by atoms with van der Waals surface area (Å²) >= 11 is 6.18. The predicted octanol–water partition coefficient (Wildman–Crippen LogP) is 3.20. The summed E-state index contributed by atoms with van der Waals surface area (Å²) in [6, 6.07) is 7.90. The van der Waals surface area contributed by atoms with Crippen LogP contribution in [0.1, 0.15) is 23.2 Å². The van der Waals surface area contributed by atoms with E-state index in [2.05, 4.69) is 15.1 Å². The maximum atomic E-state index is 13.4. The average molecular weight is 382 g/mol. The normalized spacial score (nSPS) is 20.2. The molecule has 0 radical (unpaired) electrons. The van der Waals surface area contributed by atoms with Crippen LogP contribution in [0.15, 0.2) is 36.7 Å². The Labute approximate surface area is 162 Å². The zero-order chi connectivity index (χ0) is 18.4. The molecule has 2 fully saturated rings. The molecule has 27 heavy (non-hydrogen) atoms. The predicted molar refractivity (Wildman–Crippen MR) is 105 cm³/mol.